The summed E-state index contributed by atoms with van der Waals surface area (Å²) in [5.41, 5.74) is 0.672. The van der Waals surface area contributed by atoms with Crippen molar-refractivity contribution < 1.29 is 9.59 Å². The Morgan fingerprint density at radius 1 is 1.05 bits per heavy atom. The van der Waals surface area contributed by atoms with E-state index in [1.54, 1.807) is 0 Å². The van der Waals surface area contributed by atoms with Gasteiger partial charge in [0.2, 0.25) is 0 Å². The zero-order valence-electron chi connectivity index (χ0n) is 13.1. The molecule has 0 spiro atoms. The van der Waals surface area contributed by atoms with Crippen molar-refractivity contribution in [3.63, 3.8) is 0 Å². The molecule has 22 heavy (non-hydrogen) atoms. The van der Waals surface area contributed by atoms with Crippen LogP contribution in [0.25, 0.3) is 0 Å². The van der Waals surface area contributed by atoms with Gasteiger partial charge in [0, 0.05) is 43.7 Å². The van der Waals surface area contributed by atoms with Gasteiger partial charge in [-0.05, 0) is 41.9 Å². The summed E-state index contributed by atoms with van der Waals surface area (Å²) in [4.78, 5) is 30.3. The van der Waals surface area contributed by atoms with Crippen molar-refractivity contribution in [2.75, 3.05) is 39.3 Å². The maximum atomic E-state index is 12.5. The van der Waals surface area contributed by atoms with Crippen LogP contribution in [0.1, 0.15) is 24.2 Å². The lowest BCUT2D eigenvalue weighted by molar-refractivity contribution is 0.0640. The maximum Gasteiger partial charge on any atom is 0.320 e. The Bertz CT molecular complexity index is 538. The van der Waals surface area contributed by atoms with E-state index >= 15 is 0 Å². The van der Waals surface area contributed by atoms with Crippen molar-refractivity contribution in [3.8, 4) is 0 Å². The minimum Gasteiger partial charge on any atom is -0.335 e. The number of urea groups is 1. The second-order valence-corrected chi connectivity index (χ2v) is 6.07. The first-order valence-electron chi connectivity index (χ1n) is 7.66. The predicted octanol–water partition coefficient (Wildman–Crippen LogP) is 2.67. The van der Waals surface area contributed by atoms with E-state index in [1.807, 2.05) is 52.8 Å². The van der Waals surface area contributed by atoms with Crippen LogP contribution in [0, 0.1) is 0 Å². The molecule has 1 aromatic rings. The first-order valence-corrected chi connectivity index (χ1v) is 8.45. The Morgan fingerprint density at radius 2 is 1.59 bits per heavy atom. The summed E-state index contributed by atoms with van der Waals surface area (Å²) in [7, 11) is 0. The number of halogens is 1. The molecule has 120 valence electrons. The highest BCUT2D eigenvalue weighted by atomic mass is 79.9. The number of hydrogen-bond donors (Lipinski definition) is 0. The SMILES string of the molecule is CCN(CC)C(=O)N1CCN(C(=O)c2ccccc2Br)CC1. The molecule has 5 nitrogen and oxygen atoms in total. The first kappa shape index (κ1) is 16.8. The fourth-order valence-corrected chi connectivity index (χ4v) is 3.05. The second-order valence-electron chi connectivity index (χ2n) is 5.21. The first-order chi connectivity index (χ1) is 10.6. The van der Waals surface area contributed by atoms with Gasteiger partial charge >= 0.3 is 6.03 Å². The third-order valence-corrected chi connectivity index (χ3v) is 4.67. The van der Waals surface area contributed by atoms with Crippen molar-refractivity contribution in [2.24, 2.45) is 0 Å². The van der Waals surface area contributed by atoms with Crippen LogP contribution < -0.4 is 0 Å². The van der Waals surface area contributed by atoms with Crippen LogP contribution in [0.4, 0.5) is 4.79 Å². The zero-order chi connectivity index (χ0) is 16.1. The number of carbonyl (C=O) groups excluding carboxylic acids is 2. The highest BCUT2D eigenvalue weighted by Gasteiger charge is 2.27. The van der Waals surface area contributed by atoms with E-state index in [9.17, 15) is 9.59 Å². The van der Waals surface area contributed by atoms with E-state index in [0.29, 0.717) is 44.8 Å². The molecule has 1 aliphatic rings. The number of carbonyl (C=O) groups is 2. The van der Waals surface area contributed by atoms with Gasteiger partial charge in [0.25, 0.3) is 5.91 Å². The van der Waals surface area contributed by atoms with Gasteiger partial charge in [-0.3, -0.25) is 4.79 Å². The molecule has 1 saturated heterocycles. The van der Waals surface area contributed by atoms with E-state index < -0.39 is 0 Å². The smallest absolute Gasteiger partial charge is 0.320 e. The average molecular weight is 368 g/mol. The van der Waals surface area contributed by atoms with Crippen molar-refractivity contribution in [3.05, 3.63) is 34.3 Å². The molecule has 1 fully saturated rings. The number of hydrogen-bond acceptors (Lipinski definition) is 2. The Kier molecular flexibility index (Phi) is 5.83. The zero-order valence-corrected chi connectivity index (χ0v) is 14.7. The van der Waals surface area contributed by atoms with Crippen LogP contribution in [0.3, 0.4) is 0 Å². The summed E-state index contributed by atoms with van der Waals surface area (Å²) in [5, 5.41) is 0. The van der Waals surface area contributed by atoms with Gasteiger partial charge in [0.05, 0.1) is 5.56 Å². The lowest BCUT2D eigenvalue weighted by Crippen LogP contribution is -2.54. The van der Waals surface area contributed by atoms with Crippen molar-refractivity contribution in [1.29, 1.82) is 0 Å². The van der Waals surface area contributed by atoms with Gasteiger partial charge < -0.3 is 14.7 Å². The Balaban J connectivity index is 1.96. The summed E-state index contributed by atoms with van der Waals surface area (Å²) >= 11 is 3.42. The molecule has 6 heteroatoms. The number of amides is 3. The lowest BCUT2D eigenvalue weighted by Gasteiger charge is -2.37. The van der Waals surface area contributed by atoms with Gasteiger partial charge in [-0.25, -0.2) is 4.79 Å². The molecular weight excluding hydrogens is 346 g/mol. The molecule has 2 rings (SSSR count). The fraction of sp³-hybridized carbons (Fsp3) is 0.500. The molecule has 0 aromatic heterocycles. The summed E-state index contributed by atoms with van der Waals surface area (Å²) in [5.74, 6) is 0.0161. The monoisotopic (exact) mass is 367 g/mol. The highest BCUT2D eigenvalue weighted by Crippen LogP contribution is 2.19. The van der Waals surface area contributed by atoms with Gasteiger partial charge in [0.15, 0.2) is 0 Å². The lowest BCUT2D eigenvalue weighted by atomic mass is 10.2. The van der Waals surface area contributed by atoms with Crippen molar-refractivity contribution >= 4 is 27.9 Å². The van der Waals surface area contributed by atoms with Crippen molar-refractivity contribution in [1.82, 2.24) is 14.7 Å². The molecule has 0 unspecified atom stereocenters. The predicted molar refractivity (Wildman–Crippen MR) is 89.9 cm³/mol. The molecule has 1 heterocycles. The number of nitrogens with zero attached hydrogens (tertiary/aromatic N) is 3. The molecule has 0 atom stereocenters. The molecule has 1 aromatic carbocycles. The summed E-state index contributed by atoms with van der Waals surface area (Å²) < 4.78 is 0.807. The standard InChI is InChI=1S/C16H22BrN3O2/c1-3-18(4-2)16(22)20-11-9-19(10-12-20)15(21)13-7-5-6-8-14(13)17/h5-8H,3-4,9-12H2,1-2H3. The third-order valence-electron chi connectivity index (χ3n) is 3.98. The van der Waals surface area contributed by atoms with Crippen LogP contribution in [0.2, 0.25) is 0 Å². The minimum absolute atomic E-state index is 0.0161. The van der Waals surface area contributed by atoms with Crippen LogP contribution >= 0.6 is 15.9 Å². The highest BCUT2D eigenvalue weighted by molar-refractivity contribution is 9.10. The van der Waals surface area contributed by atoms with Crippen LogP contribution in [-0.4, -0.2) is 65.9 Å². The van der Waals surface area contributed by atoms with E-state index in [4.69, 9.17) is 0 Å². The van der Waals surface area contributed by atoms with Crippen LogP contribution in [0.5, 0.6) is 0 Å². The Labute approximate surface area is 140 Å². The molecule has 0 bridgehead atoms. The molecule has 0 aliphatic carbocycles. The maximum absolute atomic E-state index is 12.5. The van der Waals surface area contributed by atoms with Gasteiger partial charge in [-0.2, -0.15) is 0 Å². The summed E-state index contributed by atoms with van der Waals surface area (Å²) in [6.07, 6.45) is 0. The number of rotatable bonds is 3. The molecule has 0 radical (unpaired) electrons. The van der Waals surface area contributed by atoms with E-state index in [0.717, 1.165) is 4.47 Å². The topological polar surface area (TPSA) is 43.9 Å². The third kappa shape index (κ3) is 3.61. The minimum atomic E-state index is 0.0161. The molecule has 0 saturated carbocycles. The van der Waals surface area contributed by atoms with Crippen LogP contribution in [-0.2, 0) is 0 Å². The summed E-state index contributed by atoms with van der Waals surface area (Å²) in [6.45, 7) is 7.72. The fourth-order valence-electron chi connectivity index (χ4n) is 2.60. The average Bonchev–Trinajstić information content (AvgIpc) is 2.56. The number of benzene rings is 1. The van der Waals surface area contributed by atoms with Crippen molar-refractivity contribution in [2.45, 2.75) is 13.8 Å². The largest absolute Gasteiger partial charge is 0.335 e. The molecule has 1 aliphatic heterocycles. The molecule has 0 N–H and O–H groups in total. The van der Waals surface area contributed by atoms with Gasteiger partial charge in [-0.1, -0.05) is 12.1 Å². The van der Waals surface area contributed by atoms with E-state index in [2.05, 4.69) is 15.9 Å². The van der Waals surface area contributed by atoms with E-state index in [1.165, 1.54) is 0 Å². The second kappa shape index (κ2) is 7.63. The van der Waals surface area contributed by atoms with E-state index in [-0.39, 0.29) is 11.9 Å². The summed E-state index contributed by atoms with van der Waals surface area (Å²) in [6, 6.07) is 7.51. The quantitative estimate of drug-likeness (QED) is 0.824. The van der Waals surface area contributed by atoms with Crippen LogP contribution in [0.15, 0.2) is 28.7 Å². The Hall–Kier alpha value is -1.56. The number of piperazine rings is 1. The Morgan fingerprint density at radius 3 is 2.14 bits per heavy atom. The molecular formula is C16H22BrN3O2. The molecule has 3 amide bonds. The van der Waals surface area contributed by atoms with Gasteiger partial charge in [0.1, 0.15) is 0 Å². The van der Waals surface area contributed by atoms with Gasteiger partial charge in [-0.15, -0.1) is 0 Å². The normalized spacial score (nSPS) is 14.9.